The topological polar surface area (TPSA) is 551 Å². The Morgan fingerprint density at radius 2 is 0.880 bits per heavy atom. The minimum Gasteiger partial charge on any atom is -0.505 e. The molecule has 0 fully saturated rings. The second-order valence-corrected chi connectivity index (χ2v) is 23.3. The Labute approximate surface area is 529 Å². The third-order valence-electron chi connectivity index (χ3n) is 12.3. The van der Waals surface area contributed by atoms with Gasteiger partial charge in [-0.15, -0.1) is 18.9 Å². The van der Waals surface area contributed by atoms with Gasteiger partial charge in [-0.2, -0.15) is 57.0 Å². The molecule has 14 N–H and O–H groups in total. The van der Waals surface area contributed by atoms with Crippen LogP contribution in [0.4, 0.5) is 69.3 Å². The molecular weight excluding hydrogens is 1350 g/mol. The first kappa shape index (κ1) is 66.2. The lowest BCUT2D eigenvalue weighted by atomic mass is 10.1. The number of nitrogens with zero attached hydrogens (tertiary/aromatic N) is 10. The van der Waals surface area contributed by atoms with Crippen LogP contribution in [0, 0.1) is 13.8 Å². The van der Waals surface area contributed by atoms with Crippen LogP contribution in [0.25, 0.3) is 21.5 Å². The lowest BCUT2D eigenvalue weighted by Gasteiger charge is -2.17. The van der Waals surface area contributed by atoms with E-state index in [1.807, 2.05) is 0 Å². The number of halogens is 2. The molecule has 36 nitrogen and oxygen atoms in total. The number of aromatic hydroxyl groups is 2. The van der Waals surface area contributed by atoms with Gasteiger partial charge in [0.25, 0.3) is 20.2 Å². The number of hydrogen-bond donors (Lipinski definition) is 14. The summed E-state index contributed by atoms with van der Waals surface area (Å²) in [4.78, 5) is 70.3. The number of phenols is 2. The van der Waals surface area contributed by atoms with E-state index < -0.39 is 121 Å². The molecule has 2 heterocycles. The van der Waals surface area contributed by atoms with Gasteiger partial charge in [0.2, 0.25) is 34.4 Å². The van der Waals surface area contributed by atoms with E-state index in [4.69, 9.17) is 33.7 Å². The molecule has 0 aliphatic carbocycles. The van der Waals surface area contributed by atoms with Crippen LogP contribution >= 0.6 is 47.3 Å². The highest BCUT2D eigenvalue weighted by Gasteiger charge is 2.27. The monoisotopic (exact) mass is 1380 g/mol. The fraction of sp³-hybridized carbons (Fsp3) is 0.0400. The average molecular weight is 1380 g/mol. The van der Waals surface area contributed by atoms with Gasteiger partial charge in [0.05, 0.1) is 78.9 Å². The van der Waals surface area contributed by atoms with Crippen molar-refractivity contribution in [2.75, 3.05) is 21.3 Å². The Morgan fingerprint density at radius 3 is 1.30 bits per heavy atom. The SMILES string of the molecule is Cc1cc(Nc2nc(Cl)nc(Nc3cc(SOOO)cc4cc(S(=O)(=O)O)c(N=Nc5cc(C(=O)O)cc(C(=O)O)c5)c(O)c34)n2)c(C)cc1Nc1nc(Cl)nc(Nc2cc(S(=O)(=O)O)cc3cc(SOOO)c(N=Nc4cc(C(=O)O)cc(C(=O)O)c4)c(O)c23)n1. The minimum absolute atomic E-state index is 0.0408. The molecule has 9 rings (SSSR count). The molecule has 0 aliphatic heterocycles. The fourth-order valence-electron chi connectivity index (χ4n) is 8.41. The maximum atomic E-state index is 12.8. The van der Waals surface area contributed by atoms with E-state index in [1.165, 1.54) is 12.1 Å². The van der Waals surface area contributed by atoms with Crippen molar-refractivity contribution in [2.45, 2.75) is 33.4 Å². The molecule has 0 atom stereocenters. The van der Waals surface area contributed by atoms with Gasteiger partial charge in [-0.25, -0.2) is 29.7 Å². The largest absolute Gasteiger partial charge is 0.505 e. The number of rotatable bonds is 24. The van der Waals surface area contributed by atoms with Gasteiger partial charge in [-0.05, 0) is 144 Å². The molecule has 0 unspecified atom stereocenters. The van der Waals surface area contributed by atoms with E-state index >= 15 is 0 Å². The number of fused-ring (bicyclic) bond motifs is 2. The smallest absolute Gasteiger partial charge is 0.335 e. The maximum Gasteiger partial charge on any atom is 0.335 e. The number of carbonyl (C=O) groups is 4. The Morgan fingerprint density at radius 1 is 0.478 bits per heavy atom. The van der Waals surface area contributed by atoms with Crippen LogP contribution in [0.1, 0.15) is 52.6 Å². The number of aromatic nitrogens is 6. The van der Waals surface area contributed by atoms with Gasteiger partial charge in [-0.1, -0.05) is 10.1 Å². The van der Waals surface area contributed by atoms with Crippen molar-refractivity contribution in [2.24, 2.45) is 20.5 Å². The van der Waals surface area contributed by atoms with Gasteiger partial charge in [-0.3, -0.25) is 9.11 Å². The van der Waals surface area contributed by atoms with E-state index in [1.54, 1.807) is 26.0 Å². The van der Waals surface area contributed by atoms with Crippen molar-refractivity contribution in [3.63, 3.8) is 0 Å². The highest BCUT2D eigenvalue weighted by molar-refractivity contribution is 7.95. The lowest BCUT2D eigenvalue weighted by Crippen LogP contribution is -2.07. The molecule has 0 aliphatic rings. The Hall–Kier alpha value is -10.2. The standard InChI is InChI=1S/C50H34Cl2N14O22S4/c1-17-4-30(54-48-58-46(52)60-50(62-48)56-32-16-28(91(79,80)81)12-20-13-33(90-88-86-78)37(39(67)36(20)32)65-63-25-7-21(41(69)70)5-22(8-25)42(71)72)18(2)3-29(17)53-47-57-45(51)59-49(61-47)55-31-15-27(89-87-85-77)11-19-14-34(92(82,83)84)38(40(68)35(19)31)66-64-26-9-23(43(73)74)6-24(10-26)44(75)76/h3-16,67-68,77-78H,1-2H3,(H,69,70)(H,71,72)(H,73,74)(H,75,76)(H,79,80,81)(H,82,83,84)(H2,53,55,57,59,61)(H2,54,56,58,60,62). The number of azo groups is 2. The van der Waals surface area contributed by atoms with Crippen LogP contribution in [0.5, 0.6) is 11.5 Å². The first-order valence-corrected chi connectivity index (χ1v) is 29.6. The van der Waals surface area contributed by atoms with Crippen LogP contribution in [-0.4, -0.2) is 121 Å². The molecule has 0 radical (unpaired) electrons. The molecule has 9 aromatic rings. The second kappa shape index (κ2) is 27.1. The average Bonchev–Trinajstić information content (AvgIpc) is 0.762. The van der Waals surface area contributed by atoms with Gasteiger partial charge in [0, 0.05) is 27.0 Å². The highest BCUT2D eigenvalue weighted by atomic mass is 35.5. The number of nitrogens with one attached hydrogen (secondary N) is 4. The van der Waals surface area contributed by atoms with Crippen LogP contribution in [-0.2, 0) is 39.0 Å². The van der Waals surface area contributed by atoms with E-state index in [-0.39, 0.29) is 78.3 Å². The highest BCUT2D eigenvalue weighted by Crippen LogP contribution is 2.49. The number of aromatic carboxylic acids is 4. The summed E-state index contributed by atoms with van der Waals surface area (Å²) in [6.45, 7) is 3.31. The van der Waals surface area contributed by atoms with Crippen LogP contribution < -0.4 is 21.3 Å². The minimum atomic E-state index is -5.27. The van der Waals surface area contributed by atoms with Gasteiger partial charge in [0.1, 0.15) is 16.3 Å². The lowest BCUT2D eigenvalue weighted by molar-refractivity contribution is -0.432. The Kier molecular flexibility index (Phi) is 19.5. The molecular formula is C50H34Cl2N14O22S4. The number of aryl methyl sites for hydroxylation is 2. The van der Waals surface area contributed by atoms with E-state index in [9.17, 15) is 75.8 Å². The quantitative estimate of drug-likeness (QED) is 0.00878. The molecule has 0 bridgehead atoms. The number of hydrogen-bond acceptors (Lipinski definition) is 32. The molecule has 92 heavy (non-hydrogen) atoms. The number of benzene rings is 7. The van der Waals surface area contributed by atoms with E-state index in [0.29, 0.717) is 34.5 Å². The van der Waals surface area contributed by atoms with Crippen molar-refractivity contribution in [3.8, 4) is 11.5 Å². The second-order valence-electron chi connectivity index (χ2n) is 18.3. The molecule has 7 aromatic carbocycles. The maximum absolute atomic E-state index is 12.8. The van der Waals surface area contributed by atoms with Crippen molar-refractivity contribution in [1.29, 1.82) is 0 Å². The summed E-state index contributed by atoms with van der Waals surface area (Å²) >= 11 is 13.4. The van der Waals surface area contributed by atoms with Gasteiger partial charge in [0.15, 0.2) is 11.5 Å². The summed E-state index contributed by atoms with van der Waals surface area (Å²) in [5.74, 6) is -9.07. The zero-order valence-electron chi connectivity index (χ0n) is 45.3. The summed E-state index contributed by atoms with van der Waals surface area (Å²) in [6.07, 6.45) is 0. The fourth-order valence-corrected chi connectivity index (χ4v) is 10.9. The molecule has 42 heteroatoms. The van der Waals surface area contributed by atoms with Crippen molar-refractivity contribution in [3.05, 3.63) is 129 Å². The molecule has 0 amide bonds. The number of carboxylic acid groups (broad SMARTS) is 4. The van der Waals surface area contributed by atoms with Crippen molar-refractivity contribution >= 4 is 182 Å². The number of anilines is 8. The summed E-state index contributed by atoms with van der Waals surface area (Å²) in [6, 6.07) is 14.9. The van der Waals surface area contributed by atoms with Crippen molar-refractivity contribution in [1.82, 2.24) is 29.9 Å². The normalized spacial score (nSPS) is 11.8. The van der Waals surface area contributed by atoms with Gasteiger partial charge < -0.3 is 51.9 Å². The number of phenolic OH excluding ortho intramolecular Hbond substituents is 2. The summed E-state index contributed by atoms with van der Waals surface area (Å²) in [5, 5.41) is 112. The third-order valence-corrected chi connectivity index (χ3v) is 15.5. The Balaban J connectivity index is 1.03. The van der Waals surface area contributed by atoms with Crippen LogP contribution in [0.3, 0.4) is 0 Å². The summed E-state index contributed by atoms with van der Waals surface area (Å²) < 4.78 is 80.4. The summed E-state index contributed by atoms with van der Waals surface area (Å²) in [7, 11) is -10.3. The molecule has 2 aromatic heterocycles. The first-order chi connectivity index (χ1) is 43.5. The molecule has 0 saturated heterocycles. The van der Waals surface area contributed by atoms with Gasteiger partial charge >= 0.3 is 23.9 Å². The van der Waals surface area contributed by atoms with E-state index in [0.717, 1.165) is 60.7 Å². The molecule has 0 spiro atoms. The van der Waals surface area contributed by atoms with Crippen LogP contribution in [0.15, 0.2) is 125 Å². The third kappa shape index (κ3) is 15.3. The van der Waals surface area contributed by atoms with E-state index in [2.05, 4.69) is 90.4 Å². The zero-order valence-corrected chi connectivity index (χ0v) is 50.1. The molecule has 474 valence electrons. The molecule has 0 saturated carbocycles. The summed E-state index contributed by atoms with van der Waals surface area (Å²) in [5.41, 5.74) is -3.01. The van der Waals surface area contributed by atoms with Crippen LogP contribution in [0.2, 0.25) is 10.6 Å². The Bertz CT molecular complexity index is 4820. The predicted octanol–water partition coefficient (Wildman–Crippen LogP) is 11.6. The van der Waals surface area contributed by atoms with Crippen molar-refractivity contribution < 1.29 is 105 Å². The zero-order chi connectivity index (χ0) is 66.7. The first-order valence-electron chi connectivity index (χ1n) is 24.5. The number of carboxylic acids is 4. The predicted molar refractivity (Wildman–Crippen MR) is 320 cm³/mol.